The molecule has 0 bridgehead atoms. The summed E-state index contributed by atoms with van der Waals surface area (Å²) in [5.41, 5.74) is 3.91. The van der Waals surface area contributed by atoms with Gasteiger partial charge in [0.05, 0.1) is 8.07 Å². The molecule has 126 valence electrons. The zero-order chi connectivity index (χ0) is 16.8. The van der Waals surface area contributed by atoms with Gasteiger partial charge in [0.15, 0.2) is 0 Å². The largest absolute Gasteiger partial charge is 0.528 e. The third kappa shape index (κ3) is 8.73. The molecule has 5 heteroatoms. The van der Waals surface area contributed by atoms with Gasteiger partial charge < -0.3 is 13.3 Å². The predicted octanol–water partition coefficient (Wildman–Crippen LogP) is 4.98. The first kappa shape index (κ1) is 23.1. The third-order valence-electron chi connectivity index (χ3n) is 3.83. The highest BCUT2D eigenvalue weighted by Crippen LogP contribution is 2.20. The second-order valence-corrected chi connectivity index (χ2v) is 12.5. The van der Waals surface area contributed by atoms with Gasteiger partial charge in [0, 0.05) is 19.8 Å². The first-order chi connectivity index (χ1) is 9.99. The predicted molar refractivity (Wildman–Crippen MR) is 98.2 cm³/mol. The van der Waals surface area contributed by atoms with Gasteiger partial charge in [-0.15, -0.1) is 12.3 Å². The van der Waals surface area contributed by atoms with Crippen LogP contribution in [0, 0.1) is 0 Å². The van der Waals surface area contributed by atoms with Crippen LogP contribution in [0.1, 0.15) is 41.5 Å². The monoisotopic (exact) mass is 332 g/mol. The molecule has 0 saturated carbocycles. The quantitative estimate of drug-likeness (QED) is 0.499. The highest BCUT2D eigenvalue weighted by Gasteiger charge is 2.36. The van der Waals surface area contributed by atoms with Crippen LogP contribution in [0.5, 0.6) is 0 Å². The van der Waals surface area contributed by atoms with Gasteiger partial charge in [-0.25, -0.2) is 0 Å². The first-order valence-electron chi connectivity index (χ1n) is 8.18. The van der Waals surface area contributed by atoms with E-state index in [2.05, 4.69) is 39.6 Å². The van der Waals surface area contributed by atoms with Crippen LogP contribution in [0.4, 0.5) is 0 Å². The summed E-state index contributed by atoms with van der Waals surface area (Å²) in [7, 11) is -3.43. The highest BCUT2D eigenvalue weighted by atomic mass is 28.4. The average Bonchev–Trinajstić information content (AvgIpc) is 2.51. The van der Waals surface area contributed by atoms with Crippen molar-refractivity contribution in [3.05, 3.63) is 24.6 Å². The van der Waals surface area contributed by atoms with Crippen LogP contribution in [0.2, 0.25) is 18.1 Å². The Morgan fingerprint density at radius 1 is 0.667 bits per heavy atom. The van der Waals surface area contributed by atoms with Crippen molar-refractivity contribution in [1.29, 1.82) is 0 Å². The Hall–Kier alpha value is -0.206. The maximum absolute atomic E-state index is 5.44. The molecule has 0 aliphatic heterocycles. The van der Waals surface area contributed by atoms with Gasteiger partial charge >= 0.3 is 8.80 Å². The normalized spacial score (nSPS) is 11.5. The van der Waals surface area contributed by atoms with Crippen LogP contribution >= 0.6 is 0 Å². The molecule has 0 heterocycles. The topological polar surface area (TPSA) is 27.7 Å². The molecule has 0 fully saturated rings. The Bertz CT molecular complexity index is 241. The minimum absolute atomic E-state index is 0.595. The zero-order valence-corrected chi connectivity index (χ0v) is 17.0. The van der Waals surface area contributed by atoms with Crippen LogP contribution in [0.3, 0.4) is 0 Å². The van der Waals surface area contributed by atoms with Gasteiger partial charge in [-0.05, 0) is 26.5 Å². The summed E-state index contributed by atoms with van der Waals surface area (Å²) >= 11 is 0. The molecule has 0 aromatic carbocycles. The second-order valence-electron chi connectivity index (χ2n) is 4.73. The molecule has 0 aromatic rings. The lowest BCUT2D eigenvalue weighted by Crippen LogP contribution is -2.44. The van der Waals surface area contributed by atoms with E-state index < -0.39 is 16.9 Å². The van der Waals surface area contributed by atoms with Crippen LogP contribution < -0.4 is 0 Å². The van der Waals surface area contributed by atoms with Crippen molar-refractivity contribution in [2.75, 3.05) is 19.8 Å². The summed E-state index contributed by atoms with van der Waals surface area (Å²) < 4.78 is 16.3. The van der Waals surface area contributed by atoms with Crippen molar-refractivity contribution in [2.24, 2.45) is 0 Å². The molecule has 0 aromatic heterocycles. The fraction of sp³-hybridized carbons (Fsp3) is 0.750. The SMILES string of the molecule is C=C[Si](CC)(CC)CC.C=C[Si](OCC)(OCC)OCC. The summed E-state index contributed by atoms with van der Waals surface area (Å²) in [6.45, 7) is 22.0. The molecular formula is C16H36O3Si2. The number of hydrogen-bond acceptors (Lipinski definition) is 3. The van der Waals surface area contributed by atoms with E-state index in [1.165, 1.54) is 18.1 Å². The van der Waals surface area contributed by atoms with Crippen molar-refractivity contribution in [3.63, 3.8) is 0 Å². The summed E-state index contributed by atoms with van der Waals surface area (Å²) in [6, 6.07) is 4.09. The van der Waals surface area contributed by atoms with E-state index in [-0.39, 0.29) is 0 Å². The van der Waals surface area contributed by atoms with E-state index in [4.69, 9.17) is 13.3 Å². The fourth-order valence-electron chi connectivity index (χ4n) is 2.09. The molecule has 3 nitrogen and oxygen atoms in total. The molecule has 0 atom stereocenters. The van der Waals surface area contributed by atoms with Crippen LogP contribution in [0.15, 0.2) is 24.6 Å². The van der Waals surface area contributed by atoms with Crippen molar-refractivity contribution >= 4 is 16.9 Å². The van der Waals surface area contributed by atoms with Gasteiger partial charge in [-0.1, -0.05) is 45.5 Å². The first-order valence-corrected chi connectivity index (χ1v) is 12.7. The molecule has 0 spiro atoms. The molecule has 0 saturated heterocycles. The molecule has 0 amide bonds. The molecule has 0 radical (unpaired) electrons. The van der Waals surface area contributed by atoms with Gasteiger partial charge in [-0.2, -0.15) is 0 Å². The summed E-state index contributed by atoms with van der Waals surface area (Å²) in [4.78, 5) is 0. The highest BCUT2D eigenvalue weighted by molar-refractivity contribution is 6.84. The van der Waals surface area contributed by atoms with Crippen molar-refractivity contribution in [2.45, 2.75) is 59.7 Å². The van der Waals surface area contributed by atoms with Crippen molar-refractivity contribution in [3.8, 4) is 0 Å². The van der Waals surface area contributed by atoms with E-state index in [9.17, 15) is 0 Å². The Morgan fingerprint density at radius 3 is 1.10 bits per heavy atom. The molecular weight excluding hydrogens is 296 g/mol. The third-order valence-corrected chi connectivity index (χ3v) is 11.5. The lowest BCUT2D eigenvalue weighted by atomic mass is 10.9. The van der Waals surface area contributed by atoms with E-state index in [1.54, 1.807) is 5.70 Å². The van der Waals surface area contributed by atoms with E-state index in [0.717, 1.165) is 0 Å². The van der Waals surface area contributed by atoms with Crippen LogP contribution in [0.25, 0.3) is 0 Å². The fourth-order valence-corrected chi connectivity index (χ4v) is 6.27. The summed E-state index contributed by atoms with van der Waals surface area (Å²) in [6.07, 6.45) is 0. The Kier molecular flexibility index (Phi) is 14.8. The van der Waals surface area contributed by atoms with E-state index >= 15 is 0 Å². The smallest absolute Gasteiger partial charge is 0.371 e. The molecule has 0 aliphatic rings. The number of rotatable bonds is 11. The van der Waals surface area contributed by atoms with E-state index in [0.29, 0.717) is 19.8 Å². The maximum Gasteiger partial charge on any atom is 0.528 e. The minimum Gasteiger partial charge on any atom is -0.371 e. The van der Waals surface area contributed by atoms with Gasteiger partial charge in [0.25, 0.3) is 0 Å². The lowest BCUT2D eigenvalue weighted by Gasteiger charge is -2.24. The molecule has 0 unspecified atom stereocenters. The molecule has 0 rings (SSSR count). The Balaban J connectivity index is 0. The van der Waals surface area contributed by atoms with Crippen LogP contribution in [-0.2, 0) is 13.3 Å². The average molecular weight is 333 g/mol. The molecule has 0 aliphatic carbocycles. The van der Waals surface area contributed by atoms with Gasteiger partial charge in [0.2, 0.25) is 0 Å². The zero-order valence-electron chi connectivity index (χ0n) is 15.0. The van der Waals surface area contributed by atoms with Gasteiger partial charge in [0.1, 0.15) is 0 Å². The van der Waals surface area contributed by atoms with E-state index in [1.807, 2.05) is 20.8 Å². The lowest BCUT2D eigenvalue weighted by molar-refractivity contribution is 0.0844. The number of hydrogen-bond donors (Lipinski definition) is 0. The van der Waals surface area contributed by atoms with Crippen molar-refractivity contribution in [1.82, 2.24) is 0 Å². The summed E-state index contributed by atoms with van der Waals surface area (Å²) in [5, 5.41) is 0. The van der Waals surface area contributed by atoms with Gasteiger partial charge in [-0.3, -0.25) is 0 Å². The molecule has 0 N–H and O–H groups in total. The Morgan fingerprint density at radius 2 is 1.00 bits per heavy atom. The standard InChI is InChI=1S/C8H18O3Si.C8H18Si/c1-5-9-12(8-4,10-6-2)11-7-3;1-5-9(6-2,7-3)8-4/h8H,4-7H2,1-3H3;5H,1,6-8H2,2-4H3. The minimum atomic E-state index is -2.51. The van der Waals surface area contributed by atoms with Crippen LogP contribution in [-0.4, -0.2) is 36.7 Å². The van der Waals surface area contributed by atoms with Crippen molar-refractivity contribution < 1.29 is 13.3 Å². The second kappa shape index (κ2) is 13.5. The maximum atomic E-state index is 5.44. The molecule has 21 heavy (non-hydrogen) atoms. The Labute approximate surface area is 134 Å². The summed E-state index contributed by atoms with van der Waals surface area (Å²) in [5.74, 6) is 0.